The van der Waals surface area contributed by atoms with E-state index in [1.54, 1.807) is 4.90 Å². The summed E-state index contributed by atoms with van der Waals surface area (Å²) < 4.78 is 5.72. The maximum absolute atomic E-state index is 12.4. The van der Waals surface area contributed by atoms with Crippen molar-refractivity contribution in [2.24, 2.45) is 0 Å². The van der Waals surface area contributed by atoms with Gasteiger partial charge in [0, 0.05) is 25.7 Å². The van der Waals surface area contributed by atoms with Crippen LogP contribution in [-0.2, 0) is 9.53 Å². The van der Waals surface area contributed by atoms with Gasteiger partial charge in [-0.3, -0.25) is 4.79 Å². The van der Waals surface area contributed by atoms with Gasteiger partial charge in [-0.25, -0.2) is 0 Å². The summed E-state index contributed by atoms with van der Waals surface area (Å²) in [4.78, 5) is 14.0. The Labute approximate surface area is 125 Å². The second-order valence-corrected chi connectivity index (χ2v) is 6.39. The number of piperidine rings is 1. The lowest BCUT2D eigenvalue weighted by atomic mass is 9.98. The topological polar surface area (TPSA) is 51.0 Å². The molecule has 114 valence electrons. The van der Waals surface area contributed by atoms with E-state index in [9.17, 15) is 9.90 Å². The number of nitrogens with one attached hydrogen (secondary N) is 1. The van der Waals surface area contributed by atoms with E-state index in [0.29, 0.717) is 12.1 Å². The molecule has 2 bridgehead atoms. The molecule has 0 amide bonds. The zero-order valence-corrected chi connectivity index (χ0v) is 12.5. The number of hydrogen-bond donors (Lipinski definition) is 2. The van der Waals surface area contributed by atoms with E-state index in [-0.39, 0.29) is 18.7 Å². The Bertz CT molecular complexity index is 476. The molecular formula is C17H24NO3+. The SMILES string of the molecule is C[NH+]1[C@@H]2CC[C@H]1CC(OC(=O)C(CO)c1ccccc1)C2. The van der Waals surface area contributed by atoms with E-state index in [1.165, 1.54) is 12.8 Å². The molecule has 1 aromatic carbocycles. The van der Waals surface area contributed by atoms with Crippen molar-refractivity contribution >= 4 is 5.97 Å². The maximum Gasteiger partial charge on any atom is 0.316 e. The van der Waals surface area contributed by atoms with Crippen LogP contribution in [0.15, 0.2) is 30.3 Å². The van der Waals surface area contributed by atoms with Crippen LogP contribution >= 0.6 is 0 Å². The Kier molecular flexibility index (Phi) is 4.27. The summed E-state index contributed by atoms with van der Waals surface area (Å²) in [6.45, 7) is -0.201. The summed E-state index contributed by atoms with van der Waals surface area (Å²) in [5.74, 6) is -0.844. The molecule has 2 saturated heterocycles. The molecule has 3 rings (SSSR count). The molecule has 2 aliphatic rings. The Morgan fingerprint density at radius 3 is 2.48 bits per heavy atom. The van der Waals surface area contributed by atoms with Crippen molar-refractivity contribution in [1.82, 2.24) is 0 Å². The molecule has 1 aromatic rings. The van der Waals surface area contributed by atoms with Crippen LogP contribution in [0.1, 0.15) is 37.2 Å². The molecule has 0 spiro atoms. The third-order valence-corrected chi connectivity index (χ3v) is 5.20. The van der Waals surface area contributed by atoms with Crippen LogP contribution < -0.4 is 4.90 Å². The lowest BCUT2D eigenvalue weighted by Gasteiger charge is -2.33. The van der Waals surface area contributed by atoms with Crippen molar-refractivity contribution < 1.29 is 19.5 Å². The molecule has 2 N–H and O–H groups in total. The van der Waals surface area contributed by atoms with Crippen molar-refractivity contribution in [3.05, 3.63) is 35.9 Å². The number of carbonyl (C=O) groups excluding carboxylic acids is 1. The van der Waals surface area contributed by atoms with Gasteiger partial charge in [0.2, 0.25) is 0 Å². The van der Waals surface area contributed by atoms with Crippen LogP contribution in [-0.4, -0.2) is 42.9 Å². The van der Waals surface area contributed by atoms with Crippen LogP contribution in [0.2, 0.25) is 0 Å². The van der Waals surface area contributed by atoms with Crippen molar-refractivity contribution in [2.75, 3.05) is 13.7 Å². The molecule has 0 aliphatic carbocycles. The highest BCUT2D eigenvalue weighted by Crippen LogP contribution is 2.26. The van der Waals surface area contributed by atoms with Crippen LogP contribution in [0.4, 0.5) is 0 Å². The third-order valence-electron chi connectivity index (χ3n) is 5.20. The fourth-order valence-electron chi connectivity index (χ4n) is 3.87. The highest BCUT2D eigenvalue weighted by molar-refractivity contribution is 5.78. The van der Waals surface area contributed by atoms with Crippen molar-refractivity contribution in [1.29, 1.82) is 0 Å². The second-order valence-electron chi connectivity index (χ2n) is 6.39. The summed E-state index contributed by atoms with van der Waals surface area (Å²) >= 11 is 0. The van der Waals surface area contributed by atoms with Crippen molar-refractivity contribution in [3.8, 4) is 0 Å². The van der Waals surface area contributed by atoms with Crippen LogP contribution in [0.25, 0.3) is 0 Å². The number of carbonyl (C=O) groups is 1. The Morgan fingerprint density at radius 2 is 1.90 bits per heavy atom. The molecule has 2 heterocycles. The number of rotatable bonds is 4. The number of ether oxygens (including phenoxy) is 1. The van der Waals surface area contributed by atoms with Gasteiger partial charge in [0.1, 0.15) is 12.0 Å². The molecule has 2 aliphatic heterocycles. The zero-order chi connectivity index (χ0) is 14.8. The van der Waals surface area contributed by atoms with Crippen LogP contribution in [0.5, 0.6) is 0 Å². The van der Waals surface area contributed by atoms with E-state index in [1.807, 2.05) is 30.3 Å². The minimum absolute atomic E-state index is 0.0245. The zero-order valence-electron chi connectivity index (χ0n) is 12.5. The van der Waals surface area contributed by atoms with Gasteiger partial charge in [-0.15, -0.1) is 0 Å². The fraction of sp³-hybridized carbons (Fsp3) is 0.588. The minimum Gasteiger partial charge on any atom is -0.461 e. The summed E-state index contributed by atoms with van der Waals surface area (Å²) in [5.41, 5.74) is 0.825. The molecule has 4 nitrogen and oxygen atoms in total. The number of fused-ring (bicyclic) bond motifs is 2. The Balaban J connectivity index is 1.63. The quantitative estimate of drug-likeness (QED) is 0.795. The smallest absolute Gasteiger partial charge is 0.316 e. The van der Waals surface area contributed by atoms with Gasteiger partial charge >= 0.3 is 5.97 Å². The summed E-state index contributed by atoms with van der Waals surface area (Å²) in [7, 11) is 2.25. The van der Waals surface area contributed by atoms with Crippen molar-refractivity contribution in [2.45, 2.75) is 49.8 Å². The molecule has 3 unspecified atom stereocenters. The Morgan fingerprint density at radius 1 is 1.29 bits per heavy atom. The van der Waals surface area contributed by atoms with Crippen LogP contribution in [0.3, 0.4) is 0 Å². The molecule has 5 atom stereocenters. The highest BCUT2D eigenvalue weighted by atomic mass is 16.5. The monoisotopic (exact) mass is 290 g/mol. The maximum atomic E-state index is 12.4. The van der Waals surface area contributed by atoms with E-state index in [4.69, 9.17) is 4.74 Å². The van der Waals surface area contributed by atoms with Gasteiger partial charge in [-0.2, -0.15) is 0 Å². The fourth-order valence-corrected chi connectivity index (χ4v) is 3.87. The number of benzene rings is 1. The van der Waals surface area contributed by atoms with Gasteiger partial charge in [0.25, 0.3) is 0 Å². The molecule has 21 heavy (non-hydrogen) atoms. The standard InChI is InChI=1S/C17H23NO3/c1-18-13-7-8-14(18)10-15(9-13)21-17(20)16(11-19)12-5-3-2-4-6-12/h2-6,13-16,19H,7-11H2,1H3/p+1/t13-,14+,15?,16?. The van der Waals surface area contributed by atoms with Gasteiger partial charge in [-0.1, -0.05) is 30.3 Å². The number of hydrogen-bond acceptors (Lipinski definition) is 3. The van der Waals surface area contributed by atoms with Gasteiger partial charge in [-0.05, 0) is 5.56 Å². The predicted molar refractivity (Wildman–Crippen MR) is 79.1 cm³/mol. The molecule has 4 heteroatoms. The first-order valence-electron chi connectivity index (χ1n) is 7.88. The number of aliphatic hydroxyl groups is 1. The lowest BCUT2D eigenvalue weighted by Crippen LogP contribution is -3.15. The largest absolute Gasteiger partial charge is 0.461 e. The Hall–Kier alpha value is -1.39. The minimum atomic E-state index is -0.559. The third kappa shape index (κ3) is 2.97. The van der Waals surface area contributed by atoms with Gasteiger partial charge in [0.05, 0.1) is 25.7 Å². The molecule has 0 radical (unpaired) electrons. The summed E-state index contributed by atoms with van der Waals surface area (Å²) in [6, 6.07) is 10.7. The normalized spacial score (nSPS) is 32.7. The molecular weight excluding hydrogens is 266 g/mol. The number of quaternary nitrogens is 1. The molecule has 2 fully saturated rings. The van der Waals surface area contributed by atoms with E-state index < -0.39 is 5.92 Å². The molecule has 0 saturated carbocycles. The first-order valence-corrected chi connectivity index (χ1v) is 7.88. The first-order chi connectivity index (χ1) is 10.2. The number of esters is 1. The molecule has 0 aromatic heterocycles. The van der Waals surface area contributed by atoms with E-state index in [2.05, 4.69) is 7.05 Å². The van der Waals surface area contributed by atoms with Gasteiger partial charge in [0.15, 0.2) is 0 Å². The lowest BCUT2D eigenvalue weighted by molar-refractivity contribution is -0.923. The van der Waals surface area contributed by atoms with E-state index in [0.717, 1.165) is 18.4 Å². The van der Waals surface area contributed by atoms with Crippen LogP contribution in [0, 0.1) is 0 Å². The highest BCUT2D eigenvalue weighted by Gasteiger charge is 2.44. The number of aliphatic hydroxyl groups excluding tert-OH is 1. The van der Waals surface area contributed by atoms with E-state index >= 15 is 0 Å². The van der Waals surface area contributed by atoms with Gasteiger partial charge < -0.3 is 14.7 Å². The second kappa shape index (κ2) is 6.16. The predicted octanol–water partition coefficient (Wildman–Crippen LogP) is 0.514. The average molecular weight is 290 g/mol. The average Bonchev–Trinajstić information content (AvgIpc) is 2.72. The van der Waals surface area contributed by atoms with Crippen molar-refractivity contribution in [3.63, 3.8) is 0 Å². The summed E-state index contributed by atoms with van der Waals surface area (Å²) in [6.07, 6.45) is 4.43. The summed E-state index contributed by atoms with van der Waals surface area (Å²) in [5, 5.41) is 9.53. The first kappa shape index (κ1) is 14.5.